The number of aromatic nitrogens is 1. The van der Waals surface area contributed by atoms with Crippen molar-refractivity contribution in [1.82, 2.24) is 4.98 Å². The standard InChI is InChI=1S/C8H9NO/c1-2-3-7-4-5-8(6-10)9-7/h2,4-6,9H,1,3H2. The van der Waals surface area contributed by atoms with Crippen molar-refractivity contribution in [2.75, 3.05) is 0 Å². The van der Waals surface area contributed by atoms with Crippen LogP contribution >= 0.6 is 0 Å². The Balaban J connectivity index is 2.77. The molecule has 0 fully saturated rings. The minimum absolute atomic E-state index is 0.622. The molecule has 0 amide bonds. The molecule has 0 spiro atoms. The maximum Gasteiger partial charge on any atom is 0.166 e. The molecule has 0 aliphatic rings. The molecule has 10 heavy (non-hydrogen) atoms. The Labute approximate surface area is 59.6 Å². The number of carbonyl (C=O) groups excluding carboxylic acids is 1. The summed E-state index contributed by atoms with van der Waals surface area (Å²) in [6.07, 6.45) is 3.38. The van der Waals surface area contributed by atoms with Crippen LogP contribution in [0, 0.1) is 0 Å². The molecule has 0 atom stereocenters. The number of allylic oxidation sites excluding steroid dienone is 1. The lowest BCUT2D eigenvalue weighted by Crippen LogP contribution is -1.81. The highest BCUT2D eigenvalue weighted by Crippen LogP contribution is 1.99. The molecule has 1 heterocycles. The number of aromatic amines is 1. The van der Waals surface area contributed by atoms with Gasteiger partial charge in [-0.3, -0.25) is 4.79 Å². The van der Waals surface area contributed by atoms with Crippen molar-refractivity contribution in [3.8, 4) is 0 Å². The molecule has 0 aliphatic carbocycles. The zero-order valence-electron chi connectivity index (χ0n) is 5.63. The average molecular weight is 135 g/mol. The lowest BCUT2D eigenvalue weighted by Gasteiger charge is -1.85. The third-order valence-corrected chi connectivity index (χ3v) is 1.26. The first-order valence-corrected chi connectivity index (χ1v) is 3.11. The van der Waals surface area contributed by atoms with E-state index in [2.05, 4.69) is 11.6 Å². The fourth-order valence-corrected chi connectivity index (χ4v) is 0.802. The largest absolute Gasteiger partial charge is 0.356 e. The second-order valence-corrected chi connectivity index (χ2v) is 2.05. The van der Waals surface area contributed by atoms with Gasteiger partial charge in [-0.15, -0.1) is 6.58 Å². The highest BCUT2D eigenvalue weighted by Gasteiger charge is 1.92. The van der Waals surface area contributed by atoms with Crippen LogP contribution < -0.4 is 0 Å². The Morgan fingerprint density at radius 3 is 2.90 bits per heavy atom. The summed E-state index contributed by atoms with van der Waals surface area (Å²) in [5.74, 6) is 0. The van der Waals surface area contributed by atoms with Gasteiger partial charge in [-0.1, -0.05) is 6.08 Å². The zero-order valence-corrected chi connectivity index (χ0v) is 5.63. The first-order valence-electron chi connectivity index (χ1n) is 3.11. The molecule has 0 saturated heterocycles. The van der Waals surface area contributed by atoms with Gasteiger partial charge in [0.15, 0.2) is 6.29 Å². The second-order valence-electron chi connectivity index (χ2n) is 2.05. The first kappa shape index (κ1) is 6.81. The second kappa shape index (κ2) is 3.01. The van der Waals surface area contributed by atoms with E-state index >= 15 is 0 Å². The van der Waals surface area contributed by atoms with Crippen molar-refractivity contribution in [3.05, 3.63) is 36.2 Å². The lowest BCUT2D eigenvalue weighted by atomic mass is 10.3. The summed E-state index contributed by atoms with van der Waals surface area (Å²) in [6, 6.07) is 3.64. The summed E-state index contributed by atoms with van der Waals surface area (Å²) >= 11 is 0. The Morgan fingerprint density at radius 2 is 2.40 bits per heavy atom. The number of carbonyl (C=O) groups is 1. The SMILES string of the molecule is C=CCc1ccc(C=O)[nH]1. The number of aldehydes is 1. The first-order chi connectivity index (χ1) is 4.86. The molecule has 0 unspecified atom stereocenters. The van der Waals surface area contributed by atoms with Crippen LogP contribution in [0.4, 0.5) is 0 Å². The van der Waals surface area contributed by atoms with Crippen molar-refractivity contribution in [1.29, 1.82) is 0 Å². The smallest absolute Gasteiger partial charge is 0.166 e. The highest BCUT2D eigenvalue weighted by molar-refractivity contribution is 5.71. The van der Waals surface area contributed by atoms with Gasteiger partial charge in [0.1, 0.15) is 0 Å². The molecule has 1 aromatic heterocycles. The Kier molecular flexibility index (Phi) is 2.05. The van der Waals surface area contributed by atoms with Gasteiger partial charge in [-0.25, -0.2) is 0 Å². The molecule has 52 valence electrons. The molecule has 1 N–H and O–H groups in total. The van der Waals surface area contributed by atoms with Crippen molar-refractivity contribution in [2.24, 2.45) is 0 Å². The molecule has 2 nitrogen and oxygen atoms in total. The van der Waals surface area contributed by atoms with E-state index in [4.69, 9.17) is 0 Å². The van der Waals surface area contributed by atoms with Crippen LogP contribution in [-0.4, -0.2) is 11.3 Å². The molecule has 2 heteroatoms. The Morgan fingerprint density at radius 1 is 1.60 bits per heavy atom. The van der Waals surface area contributed by atoms with E-state index in [1.54, 1.807) is 12.1 Å². The van der Waals surface area contributed by atoms with E-state index in [0.29, 0.717) is 5.69 Å². The van der Waals surface area contributed by atoms with E-state index in [1.807, 2.05) is 6.07 Å². The van der Waals surface area contributed by atoms with Crippen LogP contribution in [0.1, 0.15) is 16.2 Å². The molecular formula is C8H9NO. The van der Waals surface area contributed by atoms with Gasteiger partial charge in [0.05, 0.1) is 5.69 Å². The predicted octanol–water partition coefficient (Wildman–Crippen LogP) is 1.56. The number of hydrogen-bond acceptors (Lipinski definition) is 1. The average Bonchev–Trinajstić information content (AvgIpc) is 2.37. The number of rotatable bonds is 3. The van der Waals surface area contributed by atoms with Gasteiger partial charge < -0.3 is 4.98 Å². The van der Waals surface area contributed by atoms with E-state index in [9.17, 15) is 4.79 Å². The number of hydrogen-bond donors (Lipinski definition) is 1. The molecule has 0 bridgehead atoms. The van der Waals surface area contributed by atoms with Gasteiger partial charge in [0, 0.05) is 12.1 Å². The summed E-state index contributed by atoms with van der Waals surface area (Å²) in [6.45, 7) is 3.58. The predicted molar refractivity (Wildman–Crippen MR) is 40.1 cm³/mol. The van der Waals surface area contributed by atoms with Crippen molar-refractivity contribution in [2.45, 2.75) is 6.42 Å². The lowest BCUT2D eigenvalue weighted by molar-refractivity contribution is 0.111. The molecule has 0 saturated carbocycles. The fraction of sp³-hybridized carbons (Fsp3) is 0.125. The van der Waals surface area contributed by atoms with Gasteiger partial charge in [0.2, 0.25) is 0 Å². The van der Waals surface area contributed by atoms with Crippen LogP contribution in [0.15, 0.2) is 24.8 Å². The summed E-state index contributed by atoms with van der Waals surface area (Å²) in [4.78, 5) is 13.1. The van der Waals surface area contributed by atoms with Crippen LogP contribution in [0.5, 0.6) is 0 Å². The van der Waals surface area contributed by atoms with E-state index in [-0.39, 0.29) is 0 Å². The number of nitrogens with one attached hydrogen (secondary N) is 1. The summed E-state index contributed by atoms with van der Waals surface area (Å²) in [5, 5.41) is 0. The molecule has 0 radical (unpaired) electrons. The summed E-state index contributed by atoms with van der Waals surface area (Å²) in [7, 11) is 0. The van der Waals surface area contributed by atoms with E-state index in [1.165, 1.54) is 0 Å². The Bertz CT molecular complexity index is 237. The third-order valence-electron chi connectivity index (χ3n) is 1.26. The van der Waals surface area contributed by atoms with Gasteiger partial charge in [-0.2, -0.15) is 0 Å². The molecular weight excluding hydrogens is 126 g/mol. The molecule has 0 aromatic carbocycles. The van der Waals surface area contributed by atoms with Gasteiger partial charge in [-0.05, 0) is 12.1 Å². The highest BCUT2D eigenvalue weighted by atomic mass is 16.1. The maximum atomic E-state index is 10.2. The molecule has 1 rings (SSSR count). The van der Waals surface area contributed by atoms with Crippen molar-refractivity contribution < 1.29 is 4.79 Å². The number of H-pyrrole nitrogens is 1. The van der Waals surface area contributed by atoms with E-state index < -0.39 is 0 Å². The van der Waals surface area contributed by atoms with Gasteiger partial charge in [0.25, 0.3) is 0 Å². The van der Waals surface area contributed by atoms with Gasteiger partial charge >= 0.3 is 0 Å². The third kappa shape index (κ3) is 1.35. The van der Waals surface area contributed by atoms with Crippen molar-refractivity contribution in [3.63, 3.8) is 0 Å². The molecule has 0 aliphatic heterocycles. The maximum absolute atomic E-state index is 10.2. The topological polar surface area (TPSA) is 32.9 Å². The minimum Gasteiger partial charge on any atom is -0.356 e. The van der Waals surface area contributed by atoms with E-state index in [0.717, 1.165) is 18.4 Å². The molecule has 1 aromatic rings. The van der Waals surface area contributed by atoms with Crippen LogP contribution in [0.25, 0.3) is 0 Å². The zero-order chi connectivity index (χ0) is 7.40. The van der Waals surface area contributed by atoms with Crippen LogP contribution in [0.2, 0.25) is 0 Å². The van der Waals surface area contributed by atoms with Crippen molar-refractivity contribution >= 4 is 6.29 Å². The Hall–Kier alpha value is -1.31. The normalized spacial score (nSPS) is 9.20. The quantitative estimate of drug-likeness (QED) is 0.495. The van der Waals surface area contributed by atoms with Crippen LogP contribution in [0.3, 0.4) is 0 Å². The monoisotopic (exact) mass is 135 g/mol. The summed E-state index contributed by atoms with van der Waals surface area (Å²) < 4.78 is 0. The van der Waals surface area contributed by atoms with Crippen LogP contribution in [-0.2, 0) is 6.42 Å². The fourth-order valence-electron chi connectivity index (χ4n) is 0.802. The minimum atomic E-state index is 0.622. The summed E-state index contributed by atoms with van der Waals surface area (Å²) in [5.41, 5.74) is 1.65.